The Hall–Kier alpha value is -1.07. The topological polar surface area (TPSA) is 34.9 Å². The fourth-order valence-electron chi connectivity index (χ4n) is 1.29. The Morgan fingerprint density at radius 1 is 1.62 bits per heavy atom. The first-order valence-electron chi connectivity index (χ1n) is 4.94. The maximum Gasteiger partial charge on any atom is 0.173 e. The summed E-state index contributed by atoms with van der Waals surface area (Å²) in [6, 6.07) is 3.78. The Balaban J connectivity index is 1.81. The molecule has 0 saturated heterocycles. The number of ketones is 1. The summed E-state index contributed by atoms with van der Waals surface area (Å²) in [4.78, 5) is 16.7. The second kappa shape index (κ2) is 5.32. The zero-order valence-corrected chi connectivity index (χ0v) is 10.6. The van der Waals surface area contributed by atoms with E-state index in [4.69, 9.17) is 0 Å². The quantitative estimate of drug-likeness (QED) is 0.606. The third kappa shape index (κ3) is 2.74. The molecule has 0 bridgehead atoms. The van der Waals surface area contributed by atoms with E-state index in [9.17, 15) is 4.79 Å². The van der Waals surface area contributed by atoms with Crippen LogP contribution in [-0.2, 0) is 7.05 Å². The van der Waals surface area contributed by atoms with Gasteiger partial charge in [0.05, 0.1) is 4.88 Å². The average Bonchev–Trinajstić information content (AvgIpc) is 2.90. The van der Waals surface area contributed by atoms with Gasteiger partial charge >= 0.3 is 0 Å². The van der Waals surface area contributed by atoms with Gasteiger partial charge in [-0.3, -0.25) is 4.79 Å². The van der Waals surface area contributed by atoms with E-state index >= 15 is 0 Å². The van der Waals surface area contributed by atoms with Crippen molar-refractivity contribution in [3.8, 4) is 0 Å². The summed E-state index contributed by atoms with van der Waals surface area (Å²) in [5, 5.41) is 2.89. The summed E-state index contributed by atoms with van der Waals surface area (Å²) >= 11 is 3.12. The Morgan fingerprint density at radius 3 is 3.12 bits per heavy atom. The van der Waals surface area contributed by atoms with Crippen molar-refractivity contribution < 1.29 is 4.79 Å². The molecule has 0 aliphatic heterocycles. The van der Waals surface area contributed by atoms with Crippen molar-refractivity contribution in [3.05, 3.63) is 34.8 Å². The van der Waals surface area contributed by atoms with Gasteiger partial charge in [-0.05, 0) is 11.4 Å². The number of carbonyl (C=O) groups is 1. The molecular formula is C11H12N2OS2. The van der Waals surface area contributed by atoms with Crippen LogP contribution in [0.3, 0.4) is 0 Å². The molecule has 0 radical (unpaired) electrons. The van der Waals surface area contributed by atoms with Gasteiger partial charge < -0.3 is 4.57 Å². The number of aromatic nitrogens is 2. The summed E-state index contributed by atoms with van der Waals surface area (Å²) < 4.78 is 1.96. The van der Waals surface area contributed by atoms with Crippen LogP contribution >= 0.6 is 23.1 Å². The first-order valence-corrected chi connectivity index (χ1v) is 6.81. The number of hydrogen-bond acceptors (Lipinski definition) is 4. The number of Topliss-reactive ketones (excluding diaryl/α,β-unsaturated/α-hetero) is 1. The number of nitrogens with zero attached hydrogens (tertiary/aromatic N) is 2. The third-order valence-electron chi connectivity index (χ3n) is 2.13. The molecule has 2 aromatic heterocycles. The zero-order valence-electron chi connectivity index (χ0n) is 8.92. The number of thioether (sulfide) groups is 1. The second-order valence-electron chi connectivity index (χ2n) is 3.32. The highest BCUT2D eigenvalue weighted by Gasteiger charge is 2.07. The minimum atomic E-state index is 0.219. The lowest BCUT2D eigenvalue weighted by molar-refractivity contribution is 0.0993. The minimum Gasteiger partial charge on any atom is -0.329 e. The monoisotopic (exact) mass is 252 g/mol. The van der Waals surface area contributed by atoms with Crippen LogP contribution in [0.4, 0.5) is 0 Å². The fourth-order valence-corrected chi connectivity index (χ4v) is 2.85. The highest BCUT2D eigenvalue weighted by molar-refractivity contribution is 7.99. The summed E-state index contributed by atoms with van der Waals surface area (Å²) in [5.74, 6) is 0.999. The SMILES string of the molecule is Cn1ccnc1SCCC(=O)c1cccs1. The molecular weight excluding hydrogens is 240 g/mol. The van der Waals surface area contributed by atoms with Crippen LogP contribution in [0.15, 0.2) is 35.1 Å². The molecule has 0 spiro atoms. The van der Waals surface area contributed by atoms with Crippen molar-refractivity contribution in [2.24, 2.45) is 7.05 Å². The third-order valence-corrected chi connectivity index (χ3v) is 4.10. The number of aryl methyl sites for hydroxylation is 1. The van der Waals surface area contributed by atoms with Crippen molar-refractivity contribution in [3.63, 3.8) is 0 Å². The normalized spacial score (nSPS) is 10.6. The van der Waals surface area contributed by atoms with E-state index in [0.717, 1.165) is 15.8 Å². The molecule has 84 valence electrons. The van der Waals surface area contributed by atoms with E-state index in [1.165, 1.54) is 11.3 Å². The van der Waals surface area contributed by atoms with Gasteiger partial charge in [-0.1, -0.05) is 17.8 Å². The highest BCUT2D eigenvalue weighted by Crippen LogP contribution is 2.18. The van der Waals surface area contributed by atoms with Gasteiger partial charge in [-0.2, -0.15) is 0 Å². The van der Waals surface area contributed by atoms with Crippen LogP contribution in [0.5, 0.6) is 0 Å². The van der Waals surface area contributed by atoms with Crippen molar-refractivity contribution in [2.45, 2.75) is 11.6 Å². The summed E-state index contributed by atoms with van der Waals surface area (Å²) in [5.41, 5.74) is 0. The van der Waals surface area contributed by atoms with Crippen LogP contribution in [0, 0.1) is 0 Å². The number of imidazole rings is 1. The van der Waals surface area contributed by atoms with E-state index in [-0.39, 0.29) is 5.78 Å². The van der Waals surface area contributed by atoms with Gasteiger partial charge in [0.25, 0.3) is 0 Å². The molecule has 3 nitrogen and oxygen atoms in total. The lowest BCUT2D eigenvalue weighted by Gasteiger charge is -2.00. The number of rotatable bonds is 5. The molecule has 0 aliphatic rings. The Morgan fingerprint density at radius 2 is 2.50 bits per heavy atom. The fraction of sp³-hybridized carbons (Fsp3) is 0.273. The van der Waals surface area contributed by atoms with Gasteiger partial charge in [0, 0.05) is 31.6 Å². The summed E-state index contributed by atoms with van der Waals surface area (Å²) in [6.45, 7) is 0. The lowest BCUT2D eigenvalue weighted by Crippen LogP contribution is -1.98. The predicted octanol–water partition coefficient (Wildman–Crippen LogP) is 2.85. The van der Waals surface area contributed by atoms with Crippen LogP contribution in [-0.4, -0.2) is 21.1 Å². The molecule has 2 rings (SSSR count). The van der Waals surface area contributed by atoms with Crippen LogP contribution in [0.1, 0.15) is 16.1 Å². The second-order valence-corrected chi connectivity index (χ2v) is 5.33. The molecule has 16 heavy (non-hydrogen) atoms. The maximum absolute atomic E-state index is 11.7. The van der Waals surface area contributed by atoms with Gasteiger partial charge in [-0.25, -0.2) is 4.98 Å². The molecule has 0 aromatic carbocycles. The van der Waals surface area contributed by atoms with Crippen molar-refractivity contribution in [2.75, 3.05) is 5.75 Å². The highest BCUT2D eigenvalue weighted by atomic mass is 32.2. The minimum absolute atomic E-state index is 0.219. The molecule has 0 saturated carbocycles. The molecule has 0 aliphatic carbocycles. The first-order chi connectivity index (χ1) is 7.77. The Kier molecular flexibility index (Phi) is 3.79. The molecule has 5 heteroatoms. The van der Waals surface area contributed by atoms with Crippen LogP contribution in [0.25, 0.3) is 0 Å². The molecule has 2 aromatic rings. The standard InChI is InChI=1S/C11H12N2OS2/c1-13-6-5-12-11(13)16-8-4-9(14)10-3-2-7-15-10/h2-3,5-7H,4,8H2,1H3. The zero-order chi connectivity index (χ0) is 11.4. The van der Waals surface area contributed by atoms with E-state index in [2.05, 4.69) is 4.98 Å². The summed E-state index contributed by atoms with van der Waals surface area (Å²) in [6.07, 6.45) is 4.24. The van der Waals surface area contributed by atoms with Gasteiger partial charge in [0.2, 0.25) is 0 Å². The van der Waals surface area contributed by atoms with Crippen molar-refractivity contribution >= 4 is 28.9 Å². The summed E-state index contributed by atoms with van der Waals surface area (Å²) in [7, 11) is 1.95. The van der Waals surface area contributed by atoms with E-state index in [1.54, 1.807) is 18.0 Å². The Bertz CT molecular complexity index is 462. The predicted molar refractivity (Wildman–Crippen MR) is 67.2 cm³/mol. The molecule has 0 N–H and O–H groups in total. The number of thiophene rings is 1. The lowest BCUT2D eigenvalue weighted by atomic mass is 10.3. The number of hydrogen-bond donors (Lipinski definition) is 0. The molecule has 0 unspecified atom stereocenters. The van der Waals surface area contributed by atoms with Crippen molar-refractivity contribution in [1.29, 1.82) is 0 Å². The van der Waals surface area contributed by atoms with Crippen molar-refractivity contribution in [1.82, 2.24) is 9.55 Å². The van der Waals surface area contributed by atoms with E-state index < -0.39 is 0 Å². The van der Waals surface area contributed by atoms with E-state index in [0.29, 0.717) is 6.42 Å². The molecule has 2 heterocycles. The van der Waals surface area contributed by atoms with Gasteiger partial charge in [0.15, 0.2) is 10.9 Å². The average molecular weight is 252 g/mol. The molecule has 0 fully saturated rings. The van der Waals surface area contributed by atoms with Crippen LogP contribution < -0.4 is 0 Å². The number of carbonyl (C=O) groups excluding carboxylic acids is 1. The first kappa shape index (κ1) is 11.4. The smallest absolute Gasteiger partial charge is 0.173 e. The van der Waals surface area contributed by atoms with Gasteiger partial charge in [-0.15, -0.1) is 11.3 Å². The van der Waals surface area contributed by atoms with Gasteiger partial charge in [0.1, 0.15) is 0 Å². The molecule has 0 amide bonds. The largest absolute Gasteiger partial charge is 0.329 e. The molecule has 0 atom stereocenters. The Labute approximate surface area is 103 Å². The van der Waals surface area contributed by atoms with E-state index in [1.807, 2.05) is 35.3 Å². The van der Waals surface area contributed by atoms with Crippen LogP contribution in [0.2, 0.25) is 0 Å². The maximum atomic E-state index is 11.7.